The third-order valence-electron chi connectivity index (χ3n) is 14.0. The fraction of sp³-hybridized carbons (Fsp3) is 0.776. The van der Waals surface area contributed by atoms with Crippen molar-refractivity contribution in [1.82, 2.24) is 5.32 Å². The highest BCUT2D eigenvalue weighted by Gasteiger charge is 2.53. The second-order valence-electron chi connectivity index (χ2n) is 20.4. The molecule has 17 atom stereocenters. The monoisotopic (exact) mass is 1100 g/mol. The first-order valence-corrected chi connectivity index (χ1v) is 28.7. The molecule has 1 amide bonds. The van der Waals surface area contributed by atoms with Crippen molar-refractivity contribution < 1.29 is 89.4 Å². The molecule has 17 unspecified atom stereocenters. The molecule has 0 aromatic carbocycles. The molecule has 3 fully saturated rings. The highest BCUT2D eigenvalue weighted by Crippen LogP contribution is 2.33. The molecule has 0 saturated carbocycles. The molecular formula is C58H99NO18. The van der Waals surface area contributed by atoms with Crippen molar-refractivity contribution in [2.45, 2.75) is 259 Å². The molecule has 444 valence electrons. The number of carbonyl (C=O) groups is 1. The van der Waals surface area contributed by atoms with Crippen LogP contribution in [0, 0.1) is 0 Å². The third-order valence-corrected chi connectivity index (χ3v) is 14.0. The summed E-state index contributed by atoms with van der Waals surface area (Å²) in [5, 5.41) is 120. The maximum absolute atomic E-state index is 13.3. The van der Waals surface area contributed by atoms with Crippen molar-refractivity contribution in [3.63, 3.8) is 0 Å². The van der Waals surface area contributed by atoms with Gasteiger partial charge in [-0.3, -0.25) is 4.79 Å². The molecule has 3 heterocycles. The first-order chi connectivity index (χ1) is 37.3. The van der Waals surface area contributed by atoms with Crippen LogP contribution in [0.25, 0.3) is 0 Å². The minimum atomic E-state index is -1.99. The summed E-state index contributed by atoms with van der Waals surface area (Å²) in [6.45, 7) is 1.53. The number of nitrogens with one attached hydrogen (secondary N) is 1. The number of hydrogen-bond acceptors (Lipinski definition) is 18. The van der Waals surface area contributed by atoms with E-state index in [0.29, 0.717) is 12.8 Å². The van der Waals surface area contributed by atoms with E-state index < -0.39 is 124 Å². The average molecular weight is 1100 g/mol. The molecule has 0 aromatic rings. The van der Waals surface area contributed by atoms with E-state index in [4.69, 9.17) is 28.4 Å². The van der Waals surface area contributed by atoms with E-state index in [0.717, 1.165) is 70.6 Å². The van der Waals surface area contributed by atoms with Crippen LogP contribution in [-0.2, 0) is 33.2 Å². The highest BCUT2D eigenvalue weighted by atomic mass is 16.8. The number of aliphatic hydroxyl groups is 11. The summed E-state index contributed by atoms with van der Waals surface area (Å²) in [5.74, 6) is -0.313. The zero-order chi connectivity index (χ0) is 56.2. The molecule has 77 heavy (non-hydrogen) atoms. The quantitative estimate of drug-likeness (QED) is 0.0301. The number of ether oxygens (including phenoxy) is 6. The van der Waals surface area contributed by atoms with Gasteiger partial charge in [-0.15, -0.1) is 0 Å². The Hall–Kier alpha value is -2.77. The molecule has 3 saturated heterocycles. The molecule has 3 aliphatic heterocycles. The Labute approximate surface area is 458 Å². The van der Waals surface area contributed by atoms with E-state index >= 15 is 0 Å². The average Bonchev–Trinajstić information content (AvgIpc) is 3.44. The van der Waals surface area contributed by atoms with E-state index in [2.05, 4.69) is 79.9 Å². The standard InChI is InChI=1S/C58H99NO18/c1-3-5-7-9-11-13-15-17-19-20-22-24-26-28-30-32-34-36-46(64)59-41(42(63)35-33-31-29-27-25-23-21-18-16-14-12-10-8-6-4-2)40-72-56-52(70)49(67)54(44(38-61)74-56)77-58-53(71)50(68)55(45(39-62)75-58)76-57-51(69)48(66)47(65)43(37-60)73-57/h5,7,11,13,17,19,22,24-25,27,33,35,41-45,47-58,60-63,65-71H,3-4,6,8-10,12,14-16,18,20-21,23,26,28-32,34,36-40H2,1-2H3,(H,59,64)/b7-5-,13-11-,19-17-,24-22-,27-25+,35-33+. The topological polar surface area (TPSA) is 307 Å². The second-order valence-corrected chi connectivity index (χ2v) is 20.4. The van der Waals surface area contributed by atoms with Crippen LogP contribution in [0.1, 0.15) is 155 Å². The maximum atomic E-state index is 13.3. The Bertz CT molecular complexity index is 1690. The first-order valence-electron chi connectivity index (χ1n) is 28.7. The molecule has 0 aliphatic carbocycles. The number of allylic oxidation sites excluding steroid dienone is 11. The van der Waals surface area contributed by atoms with Crippen LogP contribution in [0.4, 0.5) is 0 Å². The molecule has 3 aliphatic rings. The Balaban J connectivity index is 1.55. The van der Waals surface area contributed by atoms with Crippen molar-refractivity contribution in [2.75, 3.05) is 26.4 Å². The summed E-state index contributed by atoms with van der Waals surface area (Å²) in [4.78, 5) is 13.3. The molecule has 19 nitrogen and oxygen atoms in total. The van der Waals surface area contributed by atoms with E-state index in [1.165, 1.54) is 51.4 Å². The van der Waals surface area contributed by atoms with Crippen molar-refractivity contribution >= 4 is 5.91 Å². The van der Waals surface area contributed by atoms with E-state index in [1.807, 2.05) is 6.08 Å². The van der Waals surface area contributed by atoms with Crippen LogP contribution in [0.3, 0.4) is 0 Å². The number of hydrogen-bond donors (Lipinski definition) is 12. The lowest BCUT2D eigenvalue weighted by molar-refractivity contribution is -0.379. The summed E-state index contributed by atoms with van der Waals surface area (Å²) in [6, 6.07) is -1.01. The SMILES string of the molecule is CC/C=C\C/C=C\C/C=C\C/C=C\CCCCCCC(=O)NC(COC1OC(CO)C(OC2OC(CO)C(OC3OC(CO)C(O)C(O)C3O)C(O)C2O)C(O)C1O)C(O)/C=C/CC/C=C/CCCCCCCCCCC. The van der Waals surface area contributed by atoms with E-state index in [1.54, 1.807) is 6.08 Å². The minimum absolute atomic E-state index is 0.203. The van der Waals surface area contributed by atoms with Crippen LogP contribution in [0.15, 0.2) is 72.9 Å². The number of amides is 1. The lowest BCUT2D eigenvalue weighted by atomic mass is 9.96. The molecule has 0 radical (unpaired) electrons. The number of rotatable bonds is 40. The van der Waals surface area contributed by atoms with Gasteiger partial charge < -0.3 is 89.9 Å². The highest BCUT2D eigenvalue weighted by molar-refractivity contribution is 5.76. The Kier molecular flexibility index (Phi) is 36.7. The van der Waals surface area contributed by atoms with Crippen LogP contribution in [-0.4, -0.2) is 193 Å². The van der Waals surface area contributed by atoms with Gasteiger partial charge in [-0.2, -0.15) is 0 Å². The molecule has 0 bridgehead atoms. The van der Waals surface area contributed by atoms with Gasteiger partial charge in [-0.25, -0.2) is 0 Å². The van der Waals surface area contributed by atoms with Crippen LogP contribution < -0.4 is 5.32 Å². The summed E-state index contributed by atoms with van der Waals surface area (Å²) in [5.41, 5.74) is 0. The van der Waals surface area contributed by atoms with Gasteiger partial charge in [-0.05, 0) is 70.6 Å². The van der Waals surface area contributed by atoms with Crippen LogP contribution in [0.2, 0.25) is 0 Å². The van der Waals surface area contributed by atoms with Crippen molar-refractivity contribution in [3.05, 3.63) is 72.9 Å². The van der Waals surface area contributed by atoms with Crippen LogP contribution >= 0.6 is 0 Å². The van der Waals surface area contributed by atoms with Crippen molar-refractivity contribution in [2.24, 2.45) is 0 Å². The van der Waals surface area contributed by atoms with Gasteiger partial charge in [-0.1, -0.05) is 151 Å². The largest absolute Gasteiger partial charge is 0.394 e. The summed E-state index contributed by atoms with van der Waals surface area (Å²) >= 11 is 0. The van der Waals surface area contributed by atoms with Gasteiger partial charge in [0.2, 0.25) is 5.91 Å². The molecule has 0 spiro atoms. The smallest absolute Gasteiger partial charge is 0.220 e. The number of unbranched alkanes of at least 4 members (excludes halogenated alkanes) is 14. The molecule has 3 rings (SSSR count). The maximum Gasteiger partial charge on any atom is 0.220 e. The molecule has 19 heteroatoms. The zero-order valence-corrected chi connectivity index (χ0v) is 45.9. The van der Waals surface area contributed by atoms with Gasteiger partial charge >= 0.3 is 0 Å². The third kappa shape index (κ3) is 25.7. The summed E-state index contributed by atoms with van der Waals surface area (Å²) < 4.78 is 34.2. The lowest BCUT2D eigenvalue weighted by Crippen LogP contribution is -2.66. The molecule has 0 aromatic heterocycles. The van der Waals surface area contributed by atoms with Gasteiger partial charge in [0, 0.05) is 6.42 Å². The predicted molar refractivity (Wildman–Crippen MR) is 291 cm³/mol. The molecular weight excluding hydrogens is 999 g/mol. The second kappa shape index (κ2) is 41.3. The lowest BCUT2D eigenvalue weighted by Gasteiger charge is -2.48. The summed E-state index contributed by atoms with van der Waals surface area (Å²) in [6.07, 6.45) is 20.3. The fourth-order valence-corrected chi connectivity index (χ4v) is 9.25. The van der Waals surface area contributed by atoms with Crippen LogP contribution in [0.5, 0.6) is 0 Å². The minimum Gasteiger partial charge on any atom is -0.394 e. The van der Waals surface area contributed by atoms with E-state index in [9.17, 15) is 61.0 Å². The Morgan fingerprint density at radius 2 is 0.909 bits per heavy atom. The van der Waals surface area contributed by atoms with Crippen molar-refractivity contribution in [1.29, 1.82) is 0 Å². The normalized spacial score (nSPS) is 31.3. The first kappa shape index (κ1) is 68.5. The number of carbonyl (C=O) groups excluding carboxylic acids is 1. The molecule has 12 N–H and O–H groups in total. The van der Waals surface area contributed by atoms with Crippen molar-refractivity contribution in [3.8, 4) is 0 Å². The predicted octanol–water partition coefficient (Wildman–Crippen LogP) is 4.26. The van der Waals surface area contributed by atoms with Gasteiger partial charge in [0.05, 0.1) is 38.6 Å². The summed E-state index contributed by atoms with van der Waals surface area (Å²) in [7, 11) is 0. The van der Waals surface area contributed by atoms with E-state index in [-0.39, 0.29) is 18.9 Å². The number of aliphatic hydroxyl groups excluding tert-OH is 11. The zero-order valence-electron chi connectivity index (χ0n) is 45.9. The van der Waals surface area contributed by atoms with Gasteiger partial charge in [0.1, 0.15) is 73.2 Å². The fourth-order valence-electron chi connectivity index (χ4n) is 9.25. The Morgan fingerprint density at radius 3 is 1.45 bits per heavy atom. The Morgan fingerprint density at radius 1 is 0.481 bits per heavy atom. The van der Waals surface area contributed by atoms with Gasteiger partial charge in [0.15, 0.2) is 18.9 Å². The van der Waals surface area contributed by atoms with Gasteiger partial charge in [0.25, 0.3) is 0 Å².